The second-order valence-corrected chi connectivity index (χ2v) is 24.2. The van der Waals surface area contributed by atoms with Crippen LogP contribution in [0.3, 0.4) is 0 Å². The lowest BCUT2D eigenvalue weighted by atomic mass is 10.2. The molecule has 3 aliphatic heterocycles. The first kappa shape index (κ1) is 53.7. The van der Waals surface area contributed by atoms with Crippen LogP contribution in [0.15, 0.2) is 47.4 Å². The van der Waals surface area contributed by atoms with Crippen molar-refractivity contribution in [2.45, 2.75) is 95.3 Å². The van der Waals surface area contributed by atoms with Gasteiger partial charge in [0.2, 0.25) is 0 Å². The third kappa shape index (κ3) is 13.6. The van der Waals surface area contributed by atoms with Crippen LogP contribution < -0.4 is 33.7 Å². The van der Waals surface area contributed by atoms with E-state index in [-0.39, 0.29) is 49.2 Å². The fourth-order valence-electron chi connectivity index (χ4n) is 7.23. The average molecular weight is 1060 g/mol. The van der Waals surface area contributed by atoms with E-state index >= 15 is 0 Å². The Morgan fingerprint density at radius 1 is 0.627 bits per heavy atom. The Hall–Kier alpha value is -2.60. The van der Waals surface area contributed by atoms with Crippen LogP contribution in [0.25, 0.3) is 0 Å². The van der Waals surface area contributed by atoms with Crippen LogP contribution >= 0.6 is 32.5 Å². The molecule has 0 aliphatic carbocycles. The predicted molar refractivity (Wildman–Crippen MR) is 244 cm³/mol. The monoisotopic (exact) mass is 1060 g/mol. The lowest BCUT2D eigenvalue weighted by Crippen LogP contribution is -2.33. The summed E-state index contributed by atoms with van der Waals surface area (Å²) in [6.45, 7) is -9.41. The molecule has 3 fully saturated rings. The molecule has 3 saturated heterocycles. The Morgan fingerprint density at radius 3 is 1.42 bits per heavy atom. The summed E-state index contributed by atoms with van der Waals surface area (Å²) in [6, 6.07) is 0. The van der Waals surface area contributed by atoms with Gasteiger partial charge in [-0.15, -0.1) is 0 Å². The number of H-pyrrole nitrogens is 3. The maximum atomic E-state index is 13.4. The molecule has 0 spiro atoms. The molecule has 374 valence electrons. The van der Waals surface area contributed by atoms with E-state index in [1.807, 2.05) is 0 Å². The van der Waals surface area contributed by atoms with Gasteiger partial charge in [-0.3, -0.25) is 52.1 Å². The number of nitrogens with zero attached hydrogens (tertiary/aromatic N) is 3. The highest BCUT2D eigenvalue weighted by atomic mass is 32.7. The van der Waals surface area contributed by atoms with Crippen LogP contribution in [0, 0.1) is 20.8 Å². The maximum Gasteiger partial charge on any atom is 0.386 e. The van der Waals surface area contributed by atoms with Crippen LogP contribution in [-0.4, -0.2) is 125 Å². The minimum atomic E-state index is -4.16. The summed E-state index contributed by atoms with van der Waals surface area (Å²) in [7, 11) is 4.00. The molecule has 6 heterocycles. The van der Waals surface area contributed by atoms with E-state index in [1.54, 1.807) is 0 Å². The van der Waals surface area contributed by atoms with Gasteiger partial charge in [0.15, 0.2) is 0 Å². The largest absolute Gasteiger partial charge is 0.386 e. The standard InChI is InChI=1S/C35H51N6O20P3S3/c1-18-12-39(33(45)36-30(18)42)27-9-21(50-4)24(58-27)15-56-63(49,66)53-7-8-54-64(67,57-17-25-22(51-5)10-28(59-25)40-13-19(2)31(43)37-34(40)46)61-23-11-29(41-14-20(3)32(44)38-35(41)47)60-26(23)16-55-62(48,65)52-6/h12-14,21-29H,7-11,15-17H2,1-6H3,(H,48,65)(H,49,66)(H,36,42,45)(H,37,43,46)(H,38,44,47)/t21?,22-,23?,24+,25-,26+,27+,28-,29+,62?,63?,64?/m0/s1. The molecular weight excluding hydrogens is 1010 g/mol. The quantitative estimate of drug-likeness (QED) is 0.0533. The zero-order valence-corrected chi connectivity index (χ0v) is 41.9. The second-order valence-electron chi connectivity index (χ2n) is 15.3. The van der Waals surface area contributed by atoms with Gasteiger partial charge in [0.25, 0.3) is 16.7 Å². The molecule has 32 heteroatoms. The number of hydrogen-bond donors (Lipinski definition) is 5. The first-order valence-electron chi connectivity index (χ1n) is 20.3. The van der Waals surface area contributed by atoms with Gasteiger partial charge in [-0.2, -0.15) is 0 Å². The van der Waals surface area contributed by atoms with Crippen LogP contribution in [0.5, 0.6) is 0 Å². The smallest absolute Gasteiger partial charge is 0.378 e. The number of nitrogens with one attached hydrogen (secondary N) is 3. The van der Waals surface area contributed by atoms with E-state index in [0.717, 1.165) is 11.7 Å². The van der Waals surface area contributed by atoms with Crippen molar-refractivity contribution in [2.75, 3.05) is 54.4 Å². The van der Waals surface area contributed by atoms with E-state index in [4.69, 9.17) is 79.0 Å². The van der Waals surface area contributed by atoms with Crippen molar-refractivity contribution >= 4 is 56.1 Å². The van der Waals surface area contributed by atoms with Crippen LogP contribution in [-0.2, 0) is 83.5 Å². The minimum Gasteiger partial charge on any atom is -0.378 e. The van der Waals surface area contributed by atoms with Crippen molar-refractivity contribution in [2.24, 2.45) is 0 Å². The lowest BCUT2D eigenvalue weighted by molar-refractivity contribution is -0.0588. The first-order chi connectivity index (χ1) is 31.5. The molecule has 6 rings (SSSR count). The van der Waals surface area contributed by atoms with Gasteiger partial charge in [0, 0.05) is 75.9 Å². The Bertz CT molecular complexity index is 2770. The zero-order valence-electron chi connectivity index (χ0n) is 36.7. The second kappa shape index (κ2) is 22.6. The summed E-state index contributed by atoms with van der Waals surface area (Å²) in [5, 5.41) is 0. The molecule has 67 heavy (non-hydrogen) atoms. The number of hydrogen-bond acceptors (Lipinski definition) is 21. The van der Waals surface area contributed by atoms with E-state index in [1.165, 1.54) is 62.7 Å². The van der Waals surface area contributed by atoms with Gasteiger partial charge in [-0.25, -0.2) is 18.9 Å². The molecule has 4 N–H and O–H groups in total. The Kier molecular flexibility index (Phi) is 18.2. The van der Waals surface area contributed by atoms with E-state index in [0.29, 0.717) is 0 Å². The van der Waals surface area contributed by atoms with Crippen molar-refractivity contribution in [3.8, 4) is 0 Å². The van der Waals surface area contributed by atoms with Crippen molar-refractivity contribution in [3.63, 3.8) is 0 Å². The number of ether oxygens (including phenoxy) is 5. The summed E-state index contributed by atoms with van der Waals surface area (Å²) in [5.41, 5.74) is -3.15. The Balaban J connectivity index is 1.17. The molecule has 0 saturated carbocycles. The van der Waals surface area contributed by atoms with Gasteiger partial charge < -0.3 is 51.2 Å². The lowest BCUT2D eigenvalue weighted by Gasteiger charge is -2.29. The molecule has 0 amide bonds. The van der Waals surface area contributed by atoms with Crippen molar-refractivity contribution < 1.29 is 64.8 Å². The summed E-state index contributed by atoms with van der Waals surface area (Å²) >= 11 is 15.0. The highest BCUT2D eigenvalue weighted by Crippen LogP contribution is 2.56. The van der Waals surface area contributed by atoms with Gasteiger partial charge in [0.05, 0.1) is 51.3 Å². The van der Waals surface area contributed by atoms with E-state index < -0.39 is 129 Å². The zero-order chi connectivity index (χ0) is 49.0. The number of aromatic amines is 3. The number of rotatable bonds is 22. The minimum absolute atomic E-state index is 0.109. The number of aryl methyl sites for hydroxylation is 3. The molecular formula is C35H51N6O20P3S3. The highest BCUT2D eigenvalue weighted by Gasteiger charge is 2.45. The third-order valence-corrected chi connectivity index (χ3v) is 16.6. The van der Waals surface area contributed by atoms with Crippen molar-refractivity contribution in [1.29, 1.82) is 0 Å². The Morgan fingerprint density at radius 2 is 1.00 bits per heavy atom. The molecule has 26 nitrogen and oxygen atoms in total. The molecule has 5 unspecified atom stereocenters. The van der Waals surface area contributed by atoms with Gasteiger partial charge >= 0.3 is 37.3 Å². The van der Waals surface area contributed by atoms with Crippen LogP contribution in [0.2, 0.25) is 0 Å². The number of methoxy groups -OCH3 is 2. The fourth-order valence-corrected chi connectivity index (χ4v) is 11.1. The summed E-state index contributed by atoms with van der Waals surface area (Å²) in [6.07, 6.45) is -3.77. The molecule has 0 bridgehead atoms. The normalized spacial score (nSPS) is 28.0. The molecule has 0 aromatic carbocycles. The van der Waals surface area contributed by atoms with Gasteiger partial charge in [-0.1, -0.05) is 12.2 Å². The molecule has 3 aromatic heterocycles. The van der Waals surface area contributed by atoms with Crippen molar-refractivity contribution in [1.82, 2.24) is 28.7 Å². The van der Waals surface area contributed by atoms with Crippen LogP contribution in [0.4, 0.5) is 0 Å². The topological polar surface area (TPSA) is 313 Å². The highest BCUT2D eigenvalue weighted by molar-refractivity contribution is 8.44. The average Bonchev–Trinajstić information content (AvgIpc) is 4.01. The van der Waals surface area contributed by atoms with Gasteiger partial charge in [0.1, 0.15) is 37.0 Å². The van der Waals surface area contributed by atoms with Crippen molar-refractivity contribution in [3.05, 3.63) is 97.8 Å². The first-order valence-corrected chi connectivity index (χ1v) is 28.1. The molecule has 3 aliphatic rings. The molecule has 3 aromatic rings. The third-order valence-electron chi connectivity index (χ3n) is 10.8. The van der Waals surface area contributed by atoms with Crippen LogP contribution in [0.1, 0.15) is 54.6 Å². The van der Waals surface area contributed by atoms with E-state index in [9.17, 15) is 38.2 Å². The number of aromatic nitrogens is 6. The summed E-state index contributed by atoms with van der Waals surface area (Å²) < 4.78 is 86.4. The maximum absolute atomic E-state index is 13.4. The molecule has 0 radical (unpaired) electrons. The fraction of sp³-hybridized carbons (Fsp3) is 0.657. The Labute approximate surface area is 395 Å². The summed E-state index contributed by atoms with van der Waals surface area (Å²) in [4.78, 5) is 91.3. The van der Waals surface area contributed by atoms with E-state index in [2.05, 4.69) is 27.2 Å². The predicted octanol–water partition coefficient (Wildman–Crippen LogP) is 1.05. The van der Waals surface area contributed by atoms with Gasteiger partial charge in [-0.05, 0) is 44.4 Å². The number of thiol groups is 1. The molecule has 12 atom stereocenters. The SMILES string of the molecule is COC1C[C@H](n2cc(C)c(=O)[nH]c2=O)O[C@@H]1COP(=O)(S)OCCOP(=S)(OC[C@@H]1O[C@H](n2cc(C)c(=O)[nH]c2=O)C[C@@H]1OC)OC1C[C@H](n2cc(C)c(=O)[nH]c2=O)O[C@@H]1COP(O)(=S)OC. The summed E-state index contributed by atoms with van der Waals surface area (Å²) in [5.74, 6) is 0.